The van der Waals surface area contributed by atoms with E-state index in [2.05, 4.69) is 18.3 Å². The van der Waals surface area contributed by atoms with Crippen LogP contribution in [0.25, 0.3) is 0 Å². The van der Waals surface area contributed by atoms with E-state index < -0.39 is 0 Å². The molecular weight excluding hydrogens is 164 g/mol. The molecule has 3 unspecified atom stereocenters. The van der Waals surface area contributed by atoms with Crippen LogP contribution in [0.1, 0.15) is 26.2 Å². The highest BCUT2D eigenvalue weighted by atomic mass is 16.5. The van der Waals surface area contributed by atoms with E-state index in [0.717, 1.165) is 25.9 Å². The van der Waals surface area contributed by atoms with E-state index in [-0.39, 0.29) is 0 Å². The normalized spacial score (nSPS) is 29.9. The molecule has 1 saturated heterocycles. The zero-order chi connectivity index (χ0) is 9.68. The first-order valence-corrected chi connectivity index (χ1v) is 4.79. The summed E-state index contributed by atoms with van der Waals surface area (Å²) in [6, 6.07) is 0.306. The smallest absolute Gasteiger partial charge is 0.0551 e. The van der Waals surface area contributed by atoms with E-state index in [1.54, 1.807) is 0 Å². The molecule has 3 atom stereocenters. The fourth-order valence-corrected chi connectivity index (χ4v) is 1.82. The van der Waals surface area contributed by atoms with Gasteiger partial charge in [-0.15, -0.1) is 12.3 Å². The van der Waals surface area contributed by atoms with Crippen LogP contribution in [-0.4, -0.2) is 18.8 Å². The van der Waals surface area contributed by atoms with Crippen LogP contribution >= 0.6 is 0 Å². The Balaban J connectivity index is 2.34. The first kappa shape index (κ1) is 10.5. The van der Waals surface area contributed by atoms with E-state index in [4.69, 9.17) is 17.0 Å². The molecule has 0 saturated carbocycles. The van der Waals surface area contributed by atoms with Gasteiger partial charge in [0.25, 0.3) is 0 Å². The zero-order valence-electron chi connectivity index (χ0n) is 8.12. The molecule has 0 radical (unpaired) electrons. The van der Waals surface area contributed by atoms with Gasteiger partial charge in [-0.25, -0.2) is 0 Å². The molecule has 0 spiro atoms. The van der Waals surface area contributed by atoms with Crippen LogP contribution in [0.4, 0.5) is 0 Å². The van der Waals surface area contributed by atoms with Gasteiger partial charge < -0.3 is 4.74 Å². The Morgan fingerprint density at radius 1 is 1.77 bits per heavy atom. The van der Waals surface area contributed by atoms with Crippen LogP contribution in [0, 0.1) is 18.3 Å². The largest absolute Gasteiger partial charge is 0.378 e. The molecule has 74 valence electrons. The molecule has 3 N–H and O–H groups in total. The molecule has 1 fully saturated rings. The third-order valence-corrected chi connectivity index (χ3v) is 2.61. The number of terminal acetylenes is 1. The number of ether oxygens (including phenoxy) is 1. The molecule has 0 amide bonds. The summed E-state index contributed by atoms with van der Waals surface area (Å²) in [5.41, 5.74) is 2.82. The van der Waals surface area contributed by atoms with Gasteiger partial charge in [-0.2, -0.15) is 0 Å². The second kappa shape index (κ2) is 5.23. The summed E-state index contributed by atoms with van der Waals surface area (Å²) in [6.07, 6.45) is 8.37. The number of hydrazine groups is 1. The lowest BCUT2D eigenvalue weighted by Gasteiger charge is -2.20. The lowest BCUT2D eigenvalue weighted by molar-refractivity contribution is 0.116. The van der Waals surface area contributed by atoms with E-state index in [0.29, 0.717) is 18.1 Å². The maximum atomic E-state index is 5.48. The van der Waals surface area contributed by atoms with Crippen molar-refractivity contribution in [2.24, 2.45) is 11.8 Å². The SMILES string of the molecule is C#CCCC(NN)C1COC(C)C1. The molecule has 1 rings (SSSR count). The second-order valence-corrected chi connectivity index (χ2v) is 3.66. The summed E-state index contributed by atoms with van der Waals surface area (Å²) in [6.45, 7) is 2.90. The van der Waals surface area contributed by atoms with Crippen LogP contribution in [0.15, 0.2) is 0 Å². The Hall–Kier alpha value is -0.560. The second-order valence-electron chi connectivity index (χ2n) is 3.66. The highest BCUT2D eigenvalue weighted by molar-refractivity contribution is 4.88. The van der Waals surface area contributed by atoms with Crippen LogP contribution < -0.4 is 11.3 Å². The van der Waals surface area contributed by atoms with Gasteiger partial charge in [-0.05, 0) is 19.8 Å². The molecule has 0 aromatic rings. The average Bonchev–Trinajstić information content (AvgIpc) is 2.54. The minimum absolute atomic E-state index is 0.306. The maximum Gasteiger partial charge on any atom is 0.0551 e. The fourth-order valence-electron chi connectivity index (χ4n) is 1.82. The summed E-state index contributed by atoms with van der Waals surface area (Å²) in [4.78, 5) is 0. The molecule has 1 aliphatic rings. The minimum Gasteiger partial charge on any atom is -0.378 e. The first-order valence-electron chi connectivity index (χ1n) is 4.79. The Labute approximate surface area is 80.0 Å². The van der Waals surface area contributed by atoms with Crippen molar-refractivity contribution in [3.8, 4) is 12.3 Å². The fraction of sp³-hybridized carbons (Fsp3) is 0.800. The molecule has 0 aliphatic carbocycles. The van der Waals surface area contributed by atoms with Gasteiger partial charge in [-0.1, -0.05) is 0 Å². The summed E-state index contributed by atoms with van der Waals surface area (Å²) in [7, 11) is 0. The first-order chi connectivity index (χ1) is 6.27. The average molecular weight is 182 g/mol. The Morgan fingerprint density at radius 2 is 2.54 bits per heavy atom. The van der Waals surface area contributed by atoms with Gasteiger partial charge in [0.05, 0.1) is 12.7 Å². The third-order valence-electron chi connectivity index (χ3n) is 2.61. The number of hydrogen-bond donors (Lipinski definition) is 2. The van der Waals surface area contributed by atoms with Gasteiger partial charge in [0.2, 0.25) is 0 Å². The van der Waals surface area contributed by atoms with Crippen molar-refractivity contribution in [1.29, 1.82) is 0 Å². The van der Waals surface area contributed by atoms with Gasteiger partial charge >= 0.3 is 0 Å². The minimum atomic E-state index is 0.306. The van der Waals surface area contributed by atoms with Gasteiger partial charge in [0.1, 0.15) is 0 Å². The topological polar surface area (TPSA) is 47.3 Å². The molecule has 0 bridgehead atoms. The third kappa shape index (κ3) is 3.00. The predicted molar refractivity (Wildman–Crippen MR) is 52.7 cm³/mol. The number of hydrogen-bond acceptors (Lipinski definition) is 3. The predicted octanol–water partition coefficient (Wildman–Crippen LogP) is 0.657. The summed E-state index contributed by atoms with van der Waals surface area (Å²) in [5.74, 6) is 8.62. The molecular formula is C10H18N2O. The molecule has 3 heteroatoms. The highest BCUT2D eigenvalue weighted by Gasteiger charge is 2.28. The number of rotatable bonds is 4. The number of nitrogens with one attached hydrogen (secondary N) is 1. The Morgan fingerprint density at radius 3 is 3.00 bits per heavy atom. The van der Waals surface area contributed by atoms with Crippen LogP contribution in [0.2, 0.25) is 0 Å². The van der Waals surface area contributed by atoms with Crippen molar-refractivity contribution >= 4 is 0 Å². The molecule has 1 heterocycles. The van der Waals surface area contributed by atoms with Crippen molar-refractivity contribution < 1.29 is 4.74 Å². The van der Waals surface area contributed by atoms with Crippen LogP contribution in [0.3, 0.4) is 0 Å². The Kier molecular flexibility index (Phi) is 4.23. The lowest BCUT2D eigenvalue weighted by atomic mass is 9.94. The van der Waals surface area contributed by atoms with Crippen molar-refractivity contribution in [2.75, 3.05) is 6.61 Å². The van der Waals surface area contributed by atoms with Crippen molar-refractivity contribution in [3.05, 3.63) is 0 Å². The van der Waals surface area contributed by atoms with Gasteiger partial charge in [-0.3, -0.25) is 11.3 Å². The van der Waals surface area contributed by atoms with E-state index in [1.165, 1.54) is 0 Å². The van der Waals surface area contributed by atoms with Crippen LogP contribution in [0.5, 0.6) is 0 Å². The van der Waals surface area contributed by atoms with Crippen molar-refractivity contribution in [3.63, 3.8) is 0 Å². The van der Waals surface area contributed by atoms with E-state index in [1.807, 2.05) is 0 Å². The quantitative estimate of drug-likeness (QED) is 0.381. The number of nitrogens with two attached hydrogens (primary N) is 1. The summed E-state index contributed by atoms with van der Waals surface area (Å²) >= 11 is 0. The maximum absolute atomic E-state index is 5.48. The molecule has 0 aromatic carbocycles. The monoisotopic (exact) mass is 182 g/mol. The van der Waals surface area contributed by atoms with Gasteiger partial charge in [0, 0.05) is 18.4 Å². The molecule has 3 nitrogen and oxygen atoms in total. The molecule has 0 aromatic heterocycles. The molecule has 13 heavy (non-hydrogen) atoms. The van der Waals surface area contributed by atoms with E-state index >= 15 is 0 Å². The Bertz CT molecular complexity index is 188. The van der Waals surface area contributed by atoms with E-state index in [9.17, 15) is 0 Å². The zero-order valence-corrected chi connectivity index (χ0v) is 8.12. The summed E-state index contributed by atoms with van der Waals surface area (Å²) in [5, 5.41) is 0. The van der Waals surface area contributed by atoms with Crippen molar-refractivity contribution in [2.45, 2.75) is 38.3 Å². The standard InChI is InChI=1S/C10H18N2O/c1-3-4-5-10(12-11)9-6-8(2)13-7-9/h1,8-10,12H,4-7,11H2,2H3. The lowest BCUT2D eigenvalue weighted by Crippen LogP contribution is -2.41. The summed E-state index contributed by atoms with van der Waals surface area (Å²) < 4.78 is 5.48. The highest BCUT2D eigenvalue weighted by Crippen LogP contribution is 2.23. The van der Waals surface area contributed by atoms with Crippen molar-refractivity contribution in [1.82, 2.24) is 5.43 Å². The van der Waals surface area contributed by atoms with Gasteiger partial charge in [0.15, 0.2) is 0 Å². The molecule has 1 aliphatic heterocycles. The van der Waals surface area contributed by atoms with Crippen LogP contribution in [-0.2, 0) is 4.74 Å².